The quantitative estimate of drug-likeness (QED) is 0.722. The van der Waals surface area contributed by atoms with Crippen molar-refractivity contribution in [2.45, 2.75) is 46.6 Å². The van der Waals surface area contributed by atoms with Gasteiger partial charge in [-0.25, -0.2) is 0 Å². The van der Waals surface area contributed by atoms with Crippen LogP contribution in [-0.4, -0.2) is 22.1 Å². The molecule has 0 aliphatic heterocycles. The number of aromatic nitrogens is 2. The van der Waals surface area contributed by atoms with E-state index in [1.165, 1.54) is 0 Å². The van der Waals surface area contributed by atoms with Gasteiger partial charge in [-0.2, -0.15) is 5.10 Å². The van der Waals surface area contributed by atoms with Crippen LogP contribution in [-0.2, 0) is 6.54 Å². The summed E-state index contributed by atoms with van der Waals surface area (Å²) in [6.07, 6.45) is 6.01. The number of ketones is 1. The van der Waals surface area contributed by atoms with Crippen molar-refractivity contribution in [2.75, 3.05) is 6.54 Å². The van der Waals surface area contributed by atoms with Crippen molar-refractivity contribution in [3.8, 4) is 0 Å². The number of carbonyl (C=O) groups excluding carboxylic acids is 1. The van der Waals surface area contributed by atoms with Gasteiger partial charge in [0.2, 0.25) is 0 Å². The molecule has 0 saturated carbocycles. The van der Waals surface area contributed by atoms with Crippen LogP contribution in [0, 0.1) is 11.8 Å². The van der Waals surface area contributed by atoms with E-state index < -0.39 is 0 Å². The minimum atomic E-state index is 0.192. The van der Waals surface area contributed by atoms with Gasteiger partial charge in [0.1, 0.15) is 0 Å². The maximum atomic E-state index is 12.0. The lowest BCUT2D eigenvalue weighted by Crippen LogP contribution is -2.15. The van der Waals surface area contributed by atoms with E-state index in [1.807, 2.05) is 13.1 Å². The molecule has 0 radical (unpaired) electrons. The number of hydrogen-bond donors (Lipinski definition) is 1. The van der Waals surface area contributed by atoms with Crippen molar-refractivity contribution < 1.29 is 4.79 Å². The molecule has 4 nitrogen and oxygen atoms in total. The molecule has 2 N–H and O–H groups in total. The van der Waals surface area contributed by atoms with E-state index in [1.54, 1.807) is 10.9 Å². The molecule has 0 aliphatic carbocycles. The Kier molecular flexibility index (Phi) is 6.05. The van der Waals surface area contributed by atoms with E-state index in [0.29, 0.717) is 24.8 Å². The number of carbonyl (C=O) groups is 1. The van der Waals surface area contributed by atoms with Crippen LogP contribution in [0.15, 0.2) is 12.4 Å². The molecule has 1 unspecified atom stereocenters. The fourth-order valence-electron chi connectivity index (χ4n) is 2.17. The predicted molar refractivity (Wildman–Crippen MR) is 73.5 cm³/mol. The van der Waals surface area contributed by atoms with Crippen LogP contribution in [0.3, 0.4) is 0 Å². The SMILES string of the molecule is CCn1cc(C(=O)CCC(CCN)C(C)C)cn1. The second-order valence-corrected chi connectivity index (χ2v) is 5.13. The van der Waals surface area contributed by atoms with E-state index >= 15 is 0 Å². The van der Waals surface area contributed by atoms with Gasteiger partial charge in [-0.15, -0.1) is 0 Å². The first-order chi connectivity index (χ1) is 8.58. The average Bonchev–Trinajstić information content (AvgIpc) is 2.82. The third-order valence-electron chi connectivity index (χ3n) is 3.50. The van der Waals surface area contributed by atoms with Crippen LogP contribution >= 0.6 is 0 Å². The molecule has 0 amide bonds. The van der Waals surface area contributed by atoms with Crippen molar-refractivity contribution in [2.24, 2.45) is 17.6 Å². The molecule has 4 heteroatoms. The highest BCUT2D eigenvalue weighted by Gasteiger charge is 2.16. The molecule has 1 heterocycles. The van der Waals surface area contributed by atoms with Crippen LogP contribution in [0.4, 0.5) is 0 Å². The van der Waals surface area contributed by atoms with Crippen LogP contribution in [0.25, 0.3) is 0 Å². The van der Waals surface area contributed by atoms with Gasteiger partial charge in [0.05, 0.1) is 11.8 Å². The van der Waals surface area contributed by atoms with E-state index in [9.17, 15) is 4.79 Å². The largest absolute Gasteiger partial charge is 0.330 e. The summed E-state index contributed by atoms with van der Waals surface area (Å²) in [5.41, 5.74) is 6.34. The zero-order chi connectivity index (χ0) is 13.5. The van der Waals surface area contributed by atoms with Crippen LogP contribution in [0.1, 0.15) is 50.4 Å². The fourth-order valence-corrected chi connectivity index (χ4v) is 2.17. The molecule has 0 aromatic carbocycles. The zero-order valence-electron chi connectivity index (χ0n) is 11.7. The average molecular weight is 251 g/mol. The molecule has 0 bridgehead atoms. The van der Waals surface area contributed by atoms with Crippen LogP contribution < -0.4 is 5.73 Å². The number of Topliss-reactive ketones (excluding diaryl/α,β-unsaturated/α-hetero) is 1. The maximum Gasteiger partial charge on any atom is 0.166 e. The van der Waals surface area contributed by atoms with Gasteiger partial charge in [0.15, 0.2) is 5.78 Å². The first-order valence-corrected chi connectivity index (χ1v) is 6.84. The molecule has 1 aromatic rings. The van der Waals surface area contributed by atoms with Gasteiger partial charge in [0.25, 0.3) is 0 Å². The zero-order valence-corrected chi connectivity index (χ0v) is 11.7. The van der Waals surface area contributed by atoms with E-state index in [2.05, 4.69) is 18.9 Å². The molecular weight excluding hydrogens is 226 g/mol. The van der Waals surface area contributed by atoms with Gasteiger partial charge in [-0.3, -0.25) is 9.48 Å². The van der Waals surface area contributed by atoms with Gasteiger partial charge in [-0.1, -0.05) is 13.8 Å². The molecule has 0 aliphatic rings. The van der Waals surface area contributed by atoms with Gasteiger partial charge >= 0.3 is 0 Å². The lowest BCUT2D eigenvalue weighted by molar-refractivity contribution is 0.0969. The van der Waals surface area contributed by atoms with E-state index in [0.717, 1.165) is 24.9 Å². The lowest BCUT2D eigenvalue weighted by atomic mass is 9.87. The Bertz CT molecular complexity index is 371. The highest BCUT2D eigenvalue weighted by Crippen LogP contribution is 2.21. The second-order valence-electron chi connectivity index (χ2n) is 5.13. The second kappa shape index (κ2) is 7.31. The van der Waals surface area contributed by atoms with E-state index in [4.69, 9.17) is 5.73 Å². The molecule has 1 rings (SSSR count). The summed E-state index contributed by atoms with van der Waals surface area (Å²) in [6.45, 7) is 7.90. The molecule has 0 spiro atoms. The van der Waals surface area contributed by atoms with Crippen molar-refractivity contribution in [1.29, 1.82) is 0 Å². The summed E-state index contributed by atoms with van der Waals surface area (Å²) in [5, 5.41) is 4.13. The Hall–Kier alpha value is -1.16. The van der Waals surface area contributed by atoms with Crippen LogP contribution in [0.5, 0.6) is 0 Å². The van der Waals surface area contributed by atoms with Gasteiger partial charge in [0, 0.05) is 19.2 Å². The lowest BCUT2D eigenvalue weighted by Gasteiger charge is -2.19. The van der Waals surface area contributed by atoms with E-state index in [-0.39, 0.29) is 5.78 Å². The van der Waals surface area contributed by atoms with Crippen molar-refractivity contribution in [1.82, 2.24) is 9.78 Å². The Morgan fingerprint density at radius 3 is 2.67 bits per heavy atom. The third kappa shape index (κ3) is 4.26. The Labute approximate surface area is 110 Å². The summed E-state index contributed by atoms with van der Waals surface area (Å²) in [5.74, 6) is 1.32. The van der Waals surface area contributed by atoms with Gasteiger partial charge < -0.3 is 5.73 Å². The maximum absolute atomic E-state index is 12.0. The summed E-state index contributed by atoms with van der Waals surface area (Å²) < 4.78 is 1.78. The third-order valence-corrected chi connectivity index (χ3v) is 3.50. The Morgan fingerprint density at radius 1 is 1.44 bits per heavy atom. The molecule has 1 atom stereocenters. The summed E-state index contributed by atoms with van der Waals surface area (Å²) >= 11 is 0. The molecule has 0 saturated heterocycles. The predicted octanol–water partition coefficient (Wildman–Crippen LogP) is 2.49. The number of nitrogens with zero attached hydrogens (tertiary/aromatic N) is 2. The molecule has 0 fully saturated rings. The van der Waals surface area contributed by atoms with Crippen molar-refractivity contribution >= 4 is 5.78 Å². The highest BCUT2D eigenvalue weighted by molar-refractivity contribution is 5.95. The van der Waals surface area contributed by atoms with Crippen molar-refractivity contribution in [3.05, 3.63) is 18.0 Å². The summed E-state index contributed by atoms with van der Waals surface area (Å²) in [4.78, 5) is 12.0. The normalized spacial score (nSPS) is 12.9. The summed E-state index contributed by atoms with van der Waals surface area (Å²) in [6, 6.07) is 0. The first-order valence-electron chi connectivity index (χ1n) is 6.84. The number of rotatable bonds is 8. The highest BCUT2D eigenvalue weighted by atomic mass is 16.1. The number of hydrogen-bond acceptors (Lipinski definition) is 3. The fraction of sp³-hybridized carbons (Fsp3) is 0.714. The summed E-state index contributed by atoms with van der Waals surface area (Å²) in [7, 11) is 0. The monoisotopic (exact) mass is 251 g/mol. The first kappa shape index (κ1) is 14.9. The molecule has 18 heavy (non-hydrogen) atoms. The topological polar surface area (TPSA) is 60.9 Å². The molecule has 1 aromatic heterocycles. The van der Waals surface area contributed by atoms with Gasteiger partial charge in [-0.05, 0) is 38.1 Å². The molecular formula is C14H25N3O. The van der Waals surface area contributed by atoms with Crippen LogP contribution in [0.2, 0.25) is 0 Å². The number of nitrogens with two attached hydrogens (primary N) is 1. The number of aryl methyl sites for hydroxylation is 1. The Balaban J connectivity index is 2.49. The van der Waals surface area contributed by atoms with Crippen molar-refractivity contribution in [3.63, 3.8) is 0 Å². The minimum absolute atomic E-state index is 0.192. The standard InChI is InChI=1S/C14H25N3O/c1-4-17-10-13(9-16-17)14(18)6-5-12(7-8-15)11(2)3/h9-12H,4-8,15H2,1-3H3. The minimum Gasteiger partial charge on any atom is -0.330 e. The Morgan fingerprint density at radius 2 is 2.17 bits per heavy atom. The molecule has 102 valence electrons. The smallest absolute Gasteiger partial charge is 0.166 e.